The highest BCUT2D eigenvalue weighted by atomic mass is 32.2. The normalized spacial score (nSPS) is 11.6. The Morgan fingerprint density at radius 1 is 1.33 bits per heavy atom. The van der Waals surface area contributed by atoms with Crippen molar-refractivity contribution in [3.63, 3.8) is 0 Å². The first-order valence-corrected chi connectivity index (χ1v) is 3.76. The zero-order valence-corrected chi connectivity index (χ0v) is 6.62. The molecule has 12 heavy (non-hydrogen) atoms. The smallest absolute Gasteiger partial charge is 0.384 e. The number of rotatable bonds is 1. The van der Waals surface area contributed by atoms with Crippen LogP contribution in [0.1, 0.15) is 0 Å². The van der Waals surface area contributed by atoms with Crippen molar-refractivity contribution in [1.29, 1.82) is 0 Å². The van der Waals surface area contributed by atoms with E-state index in [0.29, 0.717) is 0 Å². The molecule has 0 radical (unpaired) electrons. The van der Waals surface area contributed by atoms with E-state index in [-0.39, 0.29) is 22.5 Å². The molecule has 2 N–H and O–H groups in total. The molecule has 0 aliphatic rings. The number of halogens is 3. The van der Waals surface area contributed by atoms with Gasteiger partial charge in [0.1, 0.15) is 5.82 Å². The Hall–Kier alpha value is -0.910. The molecule has 0 atom stereocenters. The minimum atomic E-state index is -4.27. The van der Waals surface area contributed by atoms with Crippen molar-refractivity contribution in [3.05, 3.63) is 18.3 Å². The number of nitrogen functional groups attached to an aromatic ring is 1. The molecule has 1 rings (SSSR count). The molecule has 0 fully saturated rings. The fraction of sp³-hybridized carbons (Fsp3) is 0.167. The molecule has 0 spiro atoms. The lowest BCUT2D eigenvalue weighted by molar-refractivity contribution is -0.0328. The van der Waals surface area contributed by atoms with Gasteiger partial charge in [0.25, 0.3) is 0 Å². The zero-order valence-electron chi connectivity index (χ0n) is 5.80. The number of aromatic nitrogens is 1. The van der Waals surface area contributed by atoms with Crippen LogP contribution in [0.3, 0.4) is 0 Å². The van der Waals surface area contributed by atoms with Crippen molar-refractivity contribution < 1.29 is 13.2 Å². The van der Waals surface area contributed by atoms with Crippen molar-refractivity contribution in [2.24, 2.45) is 0 Å². The van der Waals surface area contributed by atoms with Crippen molar-refractivity contribution in [1.82, 2.24) is 4.98 Å². The van der Waals surface area contributed by atoms with E-state index in [2.05, 4.69) is 4.98 Å². The summed E-state index contributed by atoms with van der Waals surface area (Å²) in [4.78, 5) is 3.56. The second-order valence-corrected chi connectivity index (χ2v) is 3.11. The summed E-state index contributed by atoms with van der Waals surface area (Å²) in [5.41, 5.74) is 0.923. The Bertz CT molecular complexity index is 256. The minimum Gasteiger partial charge on any atom is -0.384 e. The van der Waals surface area contributed by atoms with Crippen molar-refractivity contribution >= 4 is 17.6 Å². The van der Waals surface area contributed by atoms with Gasteiger partial charge in [-0.15, -0.1) is 0 Å². The SMILES string of the molecule is Nc1ccc(SC(F)(F)F)cn1. The summed E-state index contributed by atoms with van der Waals surface area (Å²) < 4.78 is 35.2. The highest BCUT2D eigenvalue weighted by molar-refractivity contribution is 8.00. The van der Waals surface area contributed by atoms with Crippen LogP contribution in [-0.2, 0) is 0 Å². The first-order chi connectivity index (χ1) is 5.47. The molecule has 1 aromatic rings. The van der Waals surface area contributed by atoms with Gasteiger partial charge in [-0.1, -0.05) is 0 Å². The maximum Gasteiger partial charge on any atom is 0.446 e. The highest BCUT2D eigenvalue weighted by Gasteiger charge is 2.29. The Morgan fingerprint density at radius 2 is 2.00 bits per heavy atom. The Labute approximate surface area is 71.0 Å². The van der Waals surface area contributed by atoms with Gasteiger partial charge in [-0.2, -0.15) is 13.2 Å². The van der Waals surface area contributed by atoms with E-state index in [4.69, 9.17) is 5.73 Å². The summed E-state index contributed by atoms with van der Waals surface area (Å²) >= 11 is -0.209. The number of hydrogen-bond acceptors (Lipinski definition) is 3. The summed E-state index contributed by atoms with van der Waals surface area (Å²) in [5.74, 6) is 0.210. The van der Waals surface area contributed by atoms with Crippen LogP contribution < -0.4 is 5.73 Å². The molecule has 0 amide bonds. The summed E-state index contributed by atoms with van der Waals surface area (Å²) in [7, 11) is 0. The molecule has 0 aromatic carbocycles. The van der Waals surface area contributed by atoms with E-state index >= 15 is 0 Å². The van der Waals surface area contributed by atoms with Crippen molar-refractivity contribution in [2.45, 2.75) is 10.4 Å². The second-order valence-electron chi connectivity index (χ2n) is 1.97. The van der Waals surface area contributed by atoms with Gasteiger partial charge in [0.15, 0.2) is 0 Å². The van der Waals surface area contributed by atoms with Crippen LogP contribution in [-0.4, -0.2) is 10.5 Å². The average Bonchev–Trinajstić information content (AvgIpc) is 1.91. The molecule has 0 aliphatic carbocycles. The number of anilines is 1. The van der Waals surface area contributed by atoms with E-state index in [1.54, 1.807) is 0 Å². The molecule has 0 aliphatic heterocycles. The van der Waals surface area contributed by atoms with Crippen LogP contribution in [0.4, 0.5) is 19.0 Å². The maximum atomic E-state index is 11.7. The molecular weight excluding hydrogens is 189 g/mol. The van der Waals surface area contributed by atoms with Crippen LogP contribution in [0.2, 0.25) is 0 Å². The number of thioether (sulfide) groups is 1. The standard InChI is InChI=1S/C6H5F3N2S/c7-6(8,9)12-4-1-2-5(10)11-3-4/h1-3H,(H2,10,11). The van der Waals surface area contributed by atoms with Gasteiger partial charge in [0, 0.05) is 11.1 Å². The van der Waals surface area contributed by atoms with Gasteiger partial charge in [-0.25, -0.2) is 4.98 Å². The fourth-order valence-corrected chi connectivity index (χ4v) is 1.09. The van der Waals surface area contributed by atoms with Crippen LogP contribution in [0.5, 0.6) is 0 Å². The van der Waals surface area contributed by atoms with E-state index < -0.39 is 5.51 Å². The summed E-state index contributed by atoms with van der Waals surface area (Å²) in [6.07, 6.45) is 1.09. The Morgan fingerprint density at radius 3 is 2.42 bits per heavy atom. The van der Waals surface area contributed by atoms with Gasteiger partial charge in [0.2, 0.25) is 0 Å². The van der Waals surface area contributed by atoms with Gasteiger partial charge >= 0.3 is 5.51 Å². The molecule has 66 valence electrons. The van der Waals surface area contributed by atoms with Gasteiger partial charge < -0.3 is 5.73 Å². The van der Waals surface area contributed by atoms with Crippen molar-refractivity contribution in [3.8, 4) is 0 Å². The lowest BCUT2D eigenvalue weighted by atomic mass is 10.5. The third kappa shape index (κ3) is 3.00. The first-order valence-electron chi connectivity index (χ1n) is 2.95. The molecule has 0 unspecified atom stereocenters. The third-order valence-corrected chi connectivity index (χ3v) is 1.70. The first kappa shape index (κ1) is 9.18. The monoisotopic (exact) mass is 194 g/mol. The van der Waals surface area contributed by atoms with Crippen LogP contribution >= 0.6 is 11.8 Å². The molecule has 0 saturated carbocycles. The average molecular weight is 194 g/mol. The Kier molecular flexibility index (Phi) is 2.46. The lowest BCUT2D eigenvalue weighted by Crippen LogP contribution is -1.99. The molecule has 1 heterocycles. The van der Waals surface area contributed by atoms with E-state index in [1.807, 2.05) is 0 Å². The highest BCUT2D eigenvalue weighted by Crippen LogP contribution is 2.36. The largest absolute Gasteiger partial charge is 0.446 e. The topological polar surface area (TPSA) is 38.9 Å². The molecule has 0 saturated heterocycles. The van der Waals surface area contributed by atoms with E-state index in [0.717, 1.165) is 6.20 Å². The van der Waals surface area contributed by atoms with Crippen molar-refractivity contribution in [2.75, 3.05) is 5.73 Å². The number of nitrogens with two attached hydrogens (primary N) is 1. The Balaban J connectivity index is 2.71. The molecule has 0 bridgehead atoms. The van der Waals surface area contributed by atoms with E-state index in [1.165, 1.54) is 12.1 Å². The number of hydrogen-bond donors (Lipinski definition) is 1. The molecule has 2 nitrogen and oxygen atoms in total. The number of nitrogens with zero attached hydrogens (tertiary/aromatic N) is 1. The predicted octanol–water partition coefficient (Wildman–Crippen LogP) is 2.28. The van der Waals surface area contributed by atoms with Gasteiger partial charge in [-0.3, -0.25) is 0 Å². The lowest BCUT2D eigenvalue weighted by Gasteiger charge is -2.04. The molecule has 1 aromatic heterocycles. The summed E-state index contributed by atoms with van der Waals surface area (Å²) in [6, 6.07) is 2.61. The second kappa shape index (κ2) is 3.22. The van der Waals surface area contributed by atoms with Crippen LogP contribution in [0.25, 0.3) is 0 Å². The van der Waals surface area contributed by atoms with E-state index in [9.17, 15) is 13.2 Å². The van der Waals surface area contributed by atoms with Gasteiger partial charge in [0.05, 0.1) is 0 Å². The predicted molar refractivity (Wildman–Crippen MR) is 40.6 cm³/mol. The number of alkyl halides is 3. The summed E-state index contributed by atoms with van der Waals surface area (Å²) in [5, 5.41) is 0. The van der Waals surface area contributed by atoms with Crippen LogP contribution in [0, 0.1) is 0 Å². The summed E-state index contributed by atoms with van der Waals surface area (Å²) in [6.45, 7) is 0. The maximum absolute atomic E-state index is 11.7. The van der Waals surface area contributed by atoms with Crippen LogP contribution in [0.15, 0.2) is 23.2 Å². The van der Waals surface area contributed by atoms with Gasteiger partial charge in [-0.05, 0) is 23.9 Å². The molecular formula is C6H5F3N2S. The minimum absolute atomic E-state index is 0.0386. The quantitative estimate of drug-likeness (QED) is 0.697. The fourth-order valence-electron chi connectivity index (χ4n) is 0.586. The third-order valence-electron chi connectivity index (χ3n) is 0.993. The number of pyridine rings is 1. The molecule has 6 heteroatoms. The zero-order chi connectivity index (χ0) is 9.19.